The molecule has 128 valence electrons. The highest BCUT2D eigenvalue weighted by molar-refractivity contribution is 5.76. The number of aromatic nitrogens is 1. The van der Waals surface area contributed by atoms with E-state index in [0.29, 0.717) is 44.2 Å². The third-order valence-corrected chi connectivity index (χ3v) is 4.78. The molecule has 0 aromatic carbocycles. The molecule has 1 aliphatic heterocycles. The summed E-state index contributed by atoms with van der Waals surface area (Å²) in [6.45, 7) is 5.69. The van der Waals surface area contributed by atoms with Gasteiger partial charge in [-0.25, -0.2) is 4.98 Å². The zero-order chi connectivity index (χ0) is 17.0. The third-order valence-electron chi connectivity index (χ3n) is 4.78. The van der Waals surface area contributed by atoms with Gasteiger partial charge in [0.05, 0.1) is 6.10 Å². The van der Waals surface area contributed by atoms with Gasteiger partial charge < -0.3 is 15.9 Å². The largest absolute Gasteiger partial charge is 0.481 e. The van der Waals surface area contributed by atoms with E-state index in [-0.39, 0.29) is 0 Å². The van der Waals surface area contributed by atoms with Crippen molar-refractivity contribution in [1.82, 2.24) is 9.88 Å². The highest BCUT2D eigenvalue weighted by Crippen LogP contribution is 2.37. The molecule has 1 saturated heterocycles. The summed E-state index contributed by atoms with van der Waals surface area (Å²) in [5.41, 5.74) is 5.69. The smallest absolute Gasteiger partial charge is 0.313 e. The minimum Gasteiger partial charge on any atom is -0.481 e. The lowest BCUT2D eigenvalue weighted by atomic mass is 9.72. The Balaban J connectivity index is 2.15. The quantitative estimate of drug-likeness (QED) is 0.738. The predicted molar refractivity (Wildman–Crippen MR) is 88.7 cm³/mol. The van der Waals surface area contributed by atoms with Crippen LogP contribution in [0.25, 0.3) is 0 Å². The second-order valence-electron chi connectivity index (χ2n) is 6.96. The van der Waals surface area contributed by atoms with Crippen molar-refractivity contribution in [2.75, 3.05) is 18.8 Å². The molecule has 23 heavy (non-hydrogen) atoms. The number of hydrogen-bond donors (Lipinski definition) is 3. The first-order valence-electron chi connectivity index (χ1n) is 8.18. The molecule has 6 nitrogen and oxygen atoms in total. The first kappa shape index (κ1) is 17.7. The molecular formula is C17H27N3O3. The van der Waals surface area contributed by atoms with Crippen LogP contribution in [0.15, 0.2) is 18.3 Å². The SMILES string of the molecule is CC(C)CC[C@@]1(C(=O)O)CN(Cc2cccnc2N)CC[C@H]1O. The van der Waals surface area contributed by atoms with Crippen LogP contribution in [0.3, 0.4) is 0 Å². The second-order valence-corrected chi connectivity index (χ2v) is 6.96. The summed E-state index contributed by atoms with van der Waals surface area (Å²) >= 11 is 0. The van der Waals surface area contributed by atoms with Crippen LogP contribution in [0.4, 0.5) is 5.82 Å². The van der Waals surface area contributed by atoms with E-state index in [2.05, 4.69) is 23.7 Å². The van der Waals surface area contributed by atoms with E-state index in [4.69, 9.17) is 5.73 Å². The van der Waals surface area contributed by atoms with E-state index in [0.717, 1.165) is 12.0 Å². The summed E-state index contributed by atoms with van der Waals surface area (Å²) < 4.78 is 0. The monoisotopic (exact) mass is 321 g/mol. The Hall–Kier alpha value is -1.66. The van der Waals surface area contributed by atoms with Gasteiger partial charge in [-0.1, -0.05) is 19.9 Å². The van der Waals surface area contributed by atoms with Crippen LogP contribution in [0.2, 0.25) is 0 Å². The standard InChI is InChI=1S/C17H27N3O3/c1-12(2)5-7-17(16(22)23)11-20(9-6-14(17)21)10-13-4-3-8-19-15(13)18/h3-4,8,12,14,21H,5-7,9-11H2,1-2H3,(H2,18,19)(H,22,23)/t14-,17-/m1/s1. The Morgan fingerprint density at radius 2 is 2.30 bits per heavy atom. The normalized spacial score (nSPS) is 25.7. The van der Waals surface area contributed by atoms with E-state index in [1.165, 1.54) is 0 Å². The number of nitrogens with zero attached hydrogens (tertiary/aromatic N) is 2. The van der Waals surface area contributed by atoms with Crippen molar-refractivity contribution in [3.8, 4) is 0 Å². The van der Waals surface area contributed by atoms with Gasteiger partial charge in [0.15, 0.2) is 0 Å². The highest BCUT2D eigenvalue weighted by Gasteiger charge is 2.48. The van der Waals surface area contributed by atoms with Crippen LogP contribution >= 0.6 is 0 Å². The lowest BCUT2D eigenvalue weighted by Gasteiger charge is -2.43. The van der Waals surface area contributed by atoms with Gasteiger partial charge in [0.1, 0.15) is 11.2 Å². The Morgan fingerprint density at radius 1 is 1.57 bits per heavy atom. The molecule has 0 spiro atoms. The maximum absolute atomic E-state index is 11.9. The van der Waals surface area contributed by atoms with Crippen molar-refractivity contribution < 1.29 is 15.0 Å². The van der Waals surface area contributed by atoms with Crippen molar-refractivity contribution in [2.45, 2.75) is 45.8 Å². The van der Waals surface area contributed by atoms with Crippen LogP contribution in [-0.2, 0) is 11.3 Å². The van der Waals surface area contributed by atoms with Gasteiger partial charge in [-0.15, -0.1) is 0 Å². The summed E-state index contributed by atoms with van der Waals surface area (Å²) in [5.74, 6) is -0.0287. The molecule has 4 N–H and O–H groups in total. The maximum Gasteiger partial charge on any atom is 0.313 e. The lowest BCUT2D eigenvalue weighted by molar-refractivity contribution is -0.165. The van der Waals surface area contributed by atoms with E-state index < -0.39 is 17.5 Å². The average molecular weight is 321 g/mol. The van der Waals surface area contributed by atoms with Crippen LogP contribution < -0.4 is 5.73 Å². The molecule has 0 amide bonds. The molecule has 1 aromatic rings. The van der Waals surface area contributed by atoms with E-state index in [1.807, 2.05) is 12.1 Å². The summed E-state index contributed by atoms with van der Waals surface area (Å²) in [6, 6.07) is 3.73. The first-order valence-corrected chi connectivity index (χ1v) is 8.18. The number of anilines is 1. The van der Waals surface area contributed by atoms with Crippen molar-refractivity contribution in [1.29, 1.82) is 0 Å². The minimum absolute atomic E-state index is 0.338. The lowest BCUT2D eigenvalue weighted by Crippen LogP contribution is -2.55. The van der Waals surface area contributed by atoms with Gasteiger partial charge in [-0.05, 0) is 31.2 Å². The summed E-state index contributed by atoms with van der Waals surface area (Å²) in [5, 5.41) is 20.2. The third kappa shape index (κ3) is 4.00. The van der Waals surface area contributed by atoms with Gasteiger partial charge in [-0.2, -0.15) is 0 Å². The fourth-order valence-electron chi connectivity index (χ4n) is 3.23. The van der Waals surface area contributed by atoms with Crippen LogP contribution in [0, 0.1) is 11.3 Å². The molecule has 0 unspecified atom stereocenters. The molecule has 2 rings (SSSR count). The Morgan fingerprint density at radius 3 is 2.91 bits per heavy atom. The van der Waals surface area contributed by atoms with Gasteiger partial charge in [0, 0.05) is 31.4 Å². The van der Waals surface area contributed by atoms with Gasteiger partial charge in [0.25, 0.3) is 0 Å². The second kappa shape index (κ2) is 7.27. The molecule has 6 heteroatoms. The molecule has 1 aromatic heterocycles. The fourth-order valence-corrected chi connectivity index (χ4v) is 3.23. The topological polar surface area (TPSA) is 99.7 Å². The van der Waals surface area contributed by atoms with Crippen LogP contribution in [0.1, 0.15) is 38.7 Å². The number of pyridine rings is 1. The number of nitrogens with two attached hydrogens (primary N) is 1. The highest BCUT2D eigenvalue weighted by atomic mass is 16.4. The maximum atomic E-state index is 11.9. The summed E-state index contributed by atoms with van der Waals surface area (Å²) in [6.07, 6.45) is 2.57. The Labute approximate surface area is 137 Å². The van der Waals surface area contributed by atoms with Gasteiger partial charge >= 0.3 is 5.97 Å². The van der Waals surface area contributed by atoms with Crippen molar-refractivity contribution in [2.24, 2.45) is 11.3 Å². The minimum atomic E-state index is -1.10. The number of hydrogen-bond acceptors (Lipinski definition) is 5. The first-order chi connectivity index (χ1) is 10.8. The number of nitrogen functional groups attached to an aromatic ring is 1. The number of aliphatic hydroxyl groups excluding tert-OH is 1. The number of aliphatic carboxylic acids is 1. The van der Waals surface area contributed by atoms with E-state index in [9.17, 15) is 15.0 Å². The molecule has 1 fully saturated rings. The molecule has 2 atom stereocenters. The number of carboxylic acid groups (broad SMARTS) is 1. The van der Waals surface area contributed by atoms with Crippen molar-refractivity contribution in [3.05, 3.63) is 23.9 Å². The predicted octanol–water partition coefficient (Wildman–Crippen LogP) is 1.74. The molecule has 0 saturated carbocycles. The number of piperidine rings is 1. The zero-order valence-corrected chi connectivity index (χ0v) is 13.9. The van der Waals surface area contributed by atoms with Gasteiger partial charge in [-0.3, -0.25) is 9.69 Å². The number of aliphatic hydroxyl groups is 1. The van der Waals surface area contributed by atoms with Crippen LogP contribution in [0.5, 0.6) is 0 Å². The molecule has 0 radical (unpaired) electrons. The van der Waals surface area contributed by atoms with E-state index in [1.54, 1.807) is 6.20 Å². The number of carboxylic acids is 1. The summed E-state index contributed by atoms with van der Waals surface area (Å²) in [7, 11) is 0. The average Bonchev–Trinajstić information content (AvgIpc) is 2.49. The molecule has 1 aliphatic rings. The molecule has 0 bridgehead atoms. The van der Waals surface area contributed by atoms with E-state index >= 15 is 0 Å². The summed E-state index contributed by atoms with van der Waals surface area (Å²) in [4.78, 5) is 18.1. The fraction of sp³-hybridized carbons (Fsp3) is 0.647. The number of likely N-dealkylation sites (tertiary alicyclic amines) is 1. The van der Waals surface area contributed by atoms with Crippen molar-refractivity contribution in [3.63, 3.8) is 0 Å². The Bertz CT molecular complexity index is 550. The number of rotatable bonds is 6. The zero-order valence-electron chi connectivity index (χ0n) is 13.9. The van der Waals surface area contributed by atoms with Crippen molar-refractivity contribution >= 4 is 11.8 Å². The van der Waals surface area contributed by atoms with Crippen LogP contribution in [-0.4, -0.2) is 45.3 Å². The molecule has 2 heterocycles. The molecule has 0 aliphatic carbocycles. The number of carbonyl (C=O) groups is 1. The Kier molecular flexibility index (Phi) is 5.59. The molecular weight excluding hydrogens is 294 g/mol. The van der Waals surface area contributed by atoms with Gasteiger partial charge in [0.2, 0.25) is 0 Å².